The van der Waals surface area contributed by atoms with Crippen LogP contribution in [-0.2, 0) is 13.1 Å². The van der Waals surface area contributed by atoms with Crippen molar-refractivity contribution in [2.45, 2.75) is 31.8 Å². The Balaban J connectivity index is 1.36. The Morgan fingerprint density at radius 3 is 2.52 bits per heavy atom. The molecule has 6 rings (SSSR count). The Morgan fingerprint density at radius 1 is 1.00 bits per heavy atom. The number of benzene rings is 2. The number of hydrogen-bond acceptors (Lipinski definition) is 6. The van der Waals surface area contributed by atoms with Crippen LogP contribution in [0.3, 0.4) is 0 Å². The second kappa shape index (κ2) is 11.6. The zero-order valence-corrected chi connectivity index (χ0v) is 23.6. The number of aromatic nitrogens is 4. The molecule has 1 saturated heterocycles. The van der Waals surface area contributed by atoms with Crippen LogP contribution in [0, 0.1) is 0 Å². The van der Waals surface area contributed by atoms with Gasteiger partial charge in [-0.3, -0.25) is 9.78 Å². The maximum Gasteiger partial charge on any atom is 0.259 e. The van der Waals surface area contributed by atoms with Gasteiger partial charge >= 0.3 is 0 Å². The molecular weight excluding hydrogens is 566 g/mol. The number of amides is 1. The van der Waals surface area contributed by atoms with Gasteiger partial charge in [-0.1, -0.05) is 60.7 Å². The molecule has 0 bridgehead atoms. The number of anilines is 1. The van der Waals surface area contributed by atoms with Crippen LogP contribution in [0.25, 0.3) is 16.9 Å². The number of carbonyl (C=O) groups is 1. The standard InChI is InChI=1S/C31H30BrN7O/c32-27-28(25-11-5-4-10-24(25)17-33)37-39-29(35-19-21-7-6-14-34-18-21)26(20-36-30(27)39)31(40)38-15-12-23(13-16-38)22-8-2-1-3-9-22/h1-11,14,18,20,23,35H,12-13,15-17,19,33H2. The monoisotopic (exact) mass is 595 g/mol. The normalized spacial score (nSPS) is 14.0. The summed E-state index contributed by atoms with van der Waals surface area (Å²) in [5, 5.41) is 8.42. The van der Waals surface area contributed by atoms with Gasteiger partial charge < -0.3 is 16.0 Å². The fourth-order valence-corrected chi connectivity index (χ4v) is 5.95. The molecule has 3 N–H and O–H groups in total. The second-order valence-electron chi connectivity index (χ2n) is 9.97. The van der Waals surface area contributed by atoms with Gasteiger partial charge in [0.2, 0.25) is 0 Å². The molecule has 202 valence electrons. The molecule has 4 heterocycles. The van der Waals surface area contributed by atoms with Gasteiger partial charge in [0.15, 0.2) is 5.65 Å². The Hall–Kier alpha value is -4.08. The van der Waals surface area contributed by atoms with E-state index in [1.807, 2.05) is 53.6 Å². The van der Waals surface area contributed by atoms with Crippen LogP contribution >= 0.6 is 15.9 Å². The minimum atomic E-state index is -0.0508. The van der Waals surface area contributed by atoms with Gasteiger partial charge in [0.1, 0.15) is 17.1 Å². The van der Waals surface area contributed by atoms with Gasteiger partial charge in [0.05, 0.1) is 4.47 Å². The predicted molar refractivity (Wildman–Crippen MR) is 160 cm³/mol. The van der Waals surface area contributed by atoms with Gasteiger partial charge in [-0.2, -0.15) is 9.61 Å². The van der Waals surface area contributed by atoms with Crippen molar-refractivity contribution in [2.24, 2.45) is 5.73 Å². The molecular formula is C31H30BrN7O. The fourth-order valence-electron chi connectivity index (χ4n) is 5.39. The molecule has 2 aromatic carbocycles. The van der Waals surface area contributed by atoms with Crippen LogP contribution in [0.2, 0.25) is 0 Å². The van der Waals surface area contributed by atoms with Crippen molar-refractivity contribution in [3.05, 3.63) is 112 Å². The van der Waals surface area contributed by atoms with E-state index in [0.29, 0.717) is 49.1 Å². The number of carbonyl (C=O) groups excluding carboxylic acids is 1. The zero-order chi connectivity index (χ0) is 27.5. The molecule has 0 spiro atoms. The molecule has 0 saturated carbocycles. The molecule has 1 fully saturated rings. The third kappa shape index (κ3) is 5.10. The van der Waals surface area contributed by atoms with E-state index in [2.05, 4.69) is 50.5 Å². The smallest absolute Gasteiger partial charge is 0.259 e. The first-order valence-corrected chi connectivity index (χ1v) is 14.3. The van der Waals surface area contributed by atoms with Crippen LogP contribution in [-0.4, -0.2) is 43.5 Å². The zero-order valence-electron chi connectivity index (χ0n) is 22.0. The summed E-state index contributed by atoms with van der Waals surface area (Å²) in [7, 11) is 0. The lowest BCUT2D eigenvalue weighted by molar-refractivity contribution is 0.0713. The minimum Gasteiger partial charge on any atom is -0.365 e. The lowest BCUT2D eigenvalue weighted by atomic mass is 9.89. The molecule has 5 aromatic rings. The highest BCUT2D eigenvalue weighted by Crippen LogP contribution is 2.35. The summed E-state index contributed by atoms with van der Waals surface area (Å²) >= 11 is 3.73. The van der Waals surface area contributed by atoms with Crippen LogP contribution in [0.4, 0.5) is 5.82 Å². The first kappa shape index (κ1) is 26.2. The summed E-state index contributed by atoms with van der Waals surface area (Å²) in [5.41, 5.74) is 12.1. The number of nitrogens with one attached hydrogen (secondary N) is 1. The molecule has 0 aliphatic carbocycles. The first-order valence-electron chi connectivity index (χ1n) is 13.5. The van der Waals surface area contributed by atoms with E-state index in [1.165, 1.54) is 5.56 Å². The highest BCUT2D eigenvalue weighted by Gasteiger charge is 2.28. The molecule has 40 heavy (non-hydrogen) atoms. The summed E-state index contributed by atoms with van der Waals surface area (Å²) < 4.78 is 2.48. The van der Waals surface area contributed by atoms with Crippen molar-refractivity contribution in [3.8, 4) is 11.3 Å². The van der Waals surface area contributed by atoms with Gasteiger partial charge in [0.25, 0.3) is 5.91 Å². The molecule has 0 atom stereocenters. The molecule has 0 radical (unpaired) electrons. The van der Waals surface area contributed by atoms with Crippen molar-refractivity contribution in [1.82, 2.24) is 24.5 Å². The van der Waals surface area contributed by atoms with E-state index in [9.17, 15) is 4.79 Å². The lowest BCUT2D eigenvalue weighted by Gasteiger charge is -2.32. The number of hydrogen-bond donors (Lipinski definition) is 2. The Morgan fingerprint density at radius 2 is 1.77 bits per heavy atom. The number of pyridine rings is 1. The van der Waals surface area contributed by atoms with E-state index < -0.39 is 0 Å². The second-order valence-corrected chi connectivity index (χ2v) is 10.8. The largest absolute Gasteiger partial charge is 0.365 e. The molecule has 0 unspecified atom stereocenters. The SMILES string of the molecule is NCc1ccccc1-c1nn2c(NCc3cccnc3)c(C(=O)N3CCC(c4ccccc4)CC3)cnc2c1Br. The number of halogens is 1. The number of nitrogens with two attached hydrogens (primary N) is 1. The van der Waals surface area contributed by atoms with Crippen LogP contribution < -0.4 is 11.1 Å². The molecule has 1 amide bonds. The summed E-state index contributed by atoms with van der Waals surface area (Å²) in [4.78, 5) is 24.8. The highest BCUT2D eigenvalue weighted by molar-refractivity contribution is 9.10. The highest BCUT2D eigenvalue weighted by atomic mass is 79.9. The van der Waals surface area contributed by atoms with Crippen molar-refractivity contribution in [3.63, 3.8) is 0 Å². The topological polar surface area (TPSA) is 101 Å². The third-order valence-corrected chi connectivity index (χ3v) is 8.28. The Bertz CT molecular complexity index is 1630. The minimum absolute atomic E-state index is 0.0508. The van der Waals surface area contributed by atoms with Crippen molar-refractivity contribution >= 4 is 33.3 Å². The Labute approximate surface area is 241 Å². The first-order chi connectivity index (χ1) is 19.6. The van der Waals surface area contributed by atoms with Gasteiger partial charge in [0, 0.05) is 50.3 Å². The van der Waals surface area contributed by atoms with E-state index >= 15 is 0 Å². The van der Waals surface area contributed by atoms with E-state index in [1.54, 1.807) is 16.9 Å². The van der Waals surface area contributed by atoms with E-state index in [0.717, 1.165) is 39.7 Å². The van der Waals surface area contributed by atoms with Crippen LogP contribution in [0.15, 0.2) is 89.8 Å². The molecule has 1 aliphatic rings. The molecule has 3 aromatic heterocycles. The van der Waals surface area contributed by atoms with Gasteiger partial charge in [-0.05, 0) is 57.4 Å². The van der Waals surface area contributed by atoms with Gasteiger partial charge in [-0.25, -0.2) is 4.98 Å². The number of fused-ring (bicyclic) bond motifs is 1. The quantitative estimate of drug-likeness (QED) is 0.252. The predicted octanol–water partition coefficient (Wildman–Crippen LogP) is 5.64. The number of nitrogens with zero attached hydrogens (tertiary/aromatic N) is 5. The lowest BCUT2D eigenvalue weighted by Crippen LogP contribution is -2.38. The third-order valence-electron chi connectivity index (χ3n) is 7.55. The van der Waals surface area contributed by atoms with Crippen LogP contribution in [0.1, 0.15) is 45.8 Å². The molecule has 9 heteroatoms. The number of likely N-dealkylation sites (tertiary alicyclic amines) is 1. The Kier molecular flexibility index (Phi) is 7.57. The summed E-state index contributed by atoms with van der Waals surface area (Å²) in [6, 6.07) is 22.4. The summed E-state index contributed by atoms with van der Waals surface area (Å²) in [5.74, 6) is 1.01. The molecule has 1 aliphatic heterocycles. The fraction of sp³-hybridized carbons (Fsp3) is 0.226. The summed E-state index contributed by atoms with van der Waals surface area (Å²) in [6.45, 7) is 2.25. The summed E-state index contributed by atoms with van der Waals surface area (Å²) in [6.07, 6.45) is 7.07. The van der Waals surface area contributed by atoms with E-state index in [-0.39, 0.29) is 5.91 Å². The van der Waals surface area contributed by atoms with Crippen molar-refractivity contribution in [2.75, 3.05) is 18.4 Å². The van der Waals surface area contributed by atoms with Crippen LogP contribution in [0.5, 0.6) is 0 Å². The number of rotatable bonds is 7. The molecule has 8 nitrogen and oxygen atoms in total. The van der Waals surface area contributed by atoms with Gasteiger partial charge in [-0.15, -0.1) is 0 Å². The number of piperidine rings is 1. The van der Waals surface area contributed by atoms with E-state index in [4.69, 9.17) is 15.8 Å². The maximum atomic E-state index is 13.9. The van der Waals surface area contributed by atoms with Crippen molar-refractivity contribution < 1.29 is 4.79 Å². The average Bonchev–Trinajstić information content (AvgIpc) is 3.36. The average molecular weight is 597 g/mol. The van der Waals surface area contributed by atoms with Crippen molar-refractivity contribution in [1.29, 1.82) is 0 Å². The maximum absolute atomic E-state index is 13.9.